The molecule has 5 nitrogen and oxygen atoms in total. The van der Waals surface area contributed by atoms with E-state index in [0.717, 1.165) is 63.0 Å². The molecule has 2 heterocycles. The third kappa shape index (κ3) is 4.48. The van der Waals surface area contributed by atoms with Crippen LogP contribution in [0, 0.1) is 6.92 Å². The highest BCUT2D eigenvalue weighted by Gasteiger charge is 2.45. The number of hydrogen-bond acceptors (Lipinski definition) is 4. The highest BCUT2D eigenvalue weighted by molar-refractivity contribution is 6.35. The molecule has 3 aliphatic rings. The lowest BCUT2D eigenvalue weighted by atomic mass is 9.95. The van der Waals surface area contributed by atoms with Crippen molar-refractivity contribution in [3.8, 4) is 0 Å². The second-order valence-electron chi connectivity index (χ2n) is 9.88. The van der Waals surface area contributed by atoms with Gasteiger partial charge in [0.2, 0.25) is 0 Å². The zero-order chi connectivity index (χ0) is 23.5. The summed E-state index contributed by atoms with van der Waals surface area (Å²) >= 11 is 0. The molecular weight excluding hydrogens is 422 g/mol. The highest BCUT2D eigenvalue weighted by atomic mass is 16.2. The number of amides is 2. The number of anilines is 1. The minimum Gasteiger partial charge on any atom is -0.368 e. The van der Waals surface area contributed by atoms with Gasteiger partial charge >= 0.3 is 0 Å². The number of carbonyl (C=O) groups is 2. The van der Waals surface area contributed by atoms with Crippen LogP contribution in [-0.2, 0) is 9.59 Å². The molecule has 5 rings (SSSR count). The van der Waals surface area contributed by atoms with Crippen molar-refractivity contribution in [2.75, 3.05) is 31.1 Å². The molecule has 0 radical (unpaired) electrons. The second-order valence-corrected chi connectivity index (χ2v) is 9.88. The molecular formula is C29H35N3O2. The van der Waals surface area contributed by atoms with Crippen molar-refractivity contribution in [1.29, 1.82) is 0 Å². The van der Waals surface area contributed by atoms with Gasteiger partial charge in [0.1, 0.15) is 5.70 Å². The third-order valence-electron chi connectivity index (χ3n) is 7.59. The van der Waals surface area contributed by atoms with Gasteiger partial charge < -0.3 is 9.80 Å². The Balaban J connectivity index is 1.44. The van der Waals surface area contributed by atoms with E-state index in [0.29, 0.717) is 11.3 Å². The predicted octanol–water partition coefficient (Wildman–Crippen LogP) is 5.01. The minimum atomic E-state index is -0.0973. The van der Waals surface area contributed by atoms with Gasteiger partial charge in [0.15, 0.2) is 0 Å². The molecule has 0 aromatic heterocycles. The normalized spacial score (nSPS) is 20.7. The van der Waals surface area contributed by atoms with E-state index in [2.05, 4.69) is 34.1 Å². The van der Waals surface area contributed by atoms with Gasteiger partial charge in [0.25, 0.3) is 11.8 Å². The summed E-state index contributed by atoms with van der Waals surface area (Å²) in [6, 6.07) is 18.5. The van der Waals surface area contributed by atoms with Crippen LogP contribution in [0.4, 0.5) is 5.69 Å². The number of rotatable bonds is 4. The fourth-order valence-electron chi connectivity index (χ4n) is 5.66. The Morgan fingerprint density at radius 1 is 0.676 bits per heavy atom. The quantitative estimate of drug-likeness (QED) is 0.606. The first-order valence-electron chi connectivity index (χ1n) is 12.9. The number of hydrogen-bond donors (Lipinski definition) is 0. The van der Waals surface area contributed by atoms with Crippen LogP contribution in [0.25, 0.3) is 5.57 Å². The summed E-state index contributed by atoms with van der Waals surface area (Å²) in [4.78, 5) is 33.9. The number of piperazine rings is 1. The Morgan fingerprint density at radius 2 is 1.26 bits per heavy atom. The number of aryl methyl sites for hydroxylation is 1. The van der Waals surface area contributed by atoms with Crippen molar-refractivity contribution in [2.45, 2.75) is 57.9 Å². The summed E-state index contributed by atoms with van der Waals surface area (Å²) in [6.07, 6.45) is 7.68. The van der Waals surface area contributed by atoms with Gasteiger partial charge in [-0.25, -0.2) is 0 Å². The number of imide groups is 1. The van der Waals surface area contributed by atoms with E-state index in [-0.39, 0.29) is 17.9 Å². The number of carbonyl (C=O) groups excluding carboxylic acids is 2. The van der Waals surface area contributed by atoms with E-state index in [1.54, 1.807) is 4.90 Å². The topological polar surface area (TPSA) is 43.9 Å². The van der Waals surface area contributed by atoms with Gasteiger partial charge in [-0.2, -0.15) is 0 Å². The molecule has 0 spiro atoms. The fraction of sp³-hybridized carbons (Fsp3) is 0.448. The molecule has 2 aromatic rings. The van der Waals surface area contributed by atoms with Gasteiger partial charge in [-0.15, -0.1) is 0 Å². The zero-order valence-electron chi connectivity index (χ0n) is 20.2. The Labute approximate surface area is 203 Å². The Hall–Kier alpha value is -3.08. The first kappa shape index (κ1) is 22.7. The molecule has 0 bridgehead atoms. The van der Waals surface area contributed by atoms with Gasteiger partial charge in [-0.3, -0.25) is 14.5 Å². The third-order valence-corrected chi connectivity index (χ3v) is 7.59. The van der Waals surface area contributed by atoms with E-state index in [9.17, 15) is 9.59 Å². The lowest BCUT2D eigenvalue weighted by Crippen LogP contribution is -2.48. The van der Waals surface area contributed by atoms with Gasteiger partial charge in [-0.1, -0.05) is 80.1 Å². The first-order chi connectivity index (χ1) is 16.6. The standard InChI is InChI=1S/C29H35N3O2/c1-22-14-16-23(17-15-22)26-27(31-20-18-30(19-21-31)24-10-8-5-9-11-24)29(34)32(28(26)33)25-12-6-3-2-4-7-13-25/h5,8-11,14-17,25H,2-4,6-7,12-13,18-21H2,1H3. The van der Waals surface area contributed by atoms with Crippen LogP contribution in [0.15, 0.2) is 60.3 Å². The molecule has 0 N–H and O–H groups in total. The maximum Gasteiger partial charge on any atom is 0.278 e. The molecule has 2 aliphatic heterocycles. The van der Waals surface area contributed by atoms with Crippen LogP contribution in [0.1, 0.15) is 56.1 Å². The van der Waals surface area contributed by atoms with E-state index in [4.69, 9.17) is 0 Å². The number of nitrogens with zero attached hydrogens (tertiary/aromatic N) is 3. The molecule has 2 fully saturated rings. The summed E-state index contributed by atoms with van der Waals surface area (Å²) in [5, 5.41) is 0. The fourth-order valence-corrected chi connectivity index (χ4v) is 5.66. The van der Waals surface area contributed by atoms with Crippen LogP contribution in [-0.4, -0.2) is 53.8 Å². The van der Waals surface area contributed by atoms with E-state index in [1.165, 1.54) is 24.9 Å². The Kier molecular flexibility index (Phi) is 6.70. The molecule has 1 saturated heterocycles. The van der Waals surface area contributed by atoms with E-state index < -0.39 is 0 Å². The van der Waals surface area contributed by atoms with Gasteiger partial charge in [0.05, 0.1) is 5.57 Å². The molecule has 1 aliphatic carbocycles. The average molecular weight is 458 g/mol. The molecule has 5 heteroatoms. The monoisotopic (exact) mass is 457 g/mol. The zero-order valence-corrected chi connectivity index (χ0v) is 20.2. The van der Waals surface area contributed by atoms with Crippen molar-refractivity contribution in [3.63, 3.8) is 0 Å². The summed E-state index contributed by atoms with van der Waals surface area (Å²) in [7, 11) is 0. The smallest absolute Gasteiger partial charge is 0.278 e. The van der Waals surface area contributed by atoms with Crippen molar-refractivity contribution in [2.24, 2.45) is 0 Å². The summed E-state index contributed by atoms with van der Waals surface area (Å²) in [6.45, 7) is 5.18. The maximum absolute atomic E-state index is 13.9. The van der Waals surface area contributed by atoms with E-state index in [1.807, 2.05) is 37.3 Å². The number of benzene rings is 2. The summed E-state index contributed by atoms with van der Waals surface area (Å²) in [5.41, 5.74) is 4.43. The van der Waals surface area contributed by atoms with Crippen LogP contribution in [0.5, 0.6) is 0 Å². The van der Waals surface area contributed by atoms with Gasteiger partial charge in [-0.05, 0) is 37.5 Å². The molecule has 178 valence electrons. The van der Waals surface area contributed by atoms with Gasteiger partial charge in [0, 0.05) is 37.9 Å². The van der Waals surface area contributed by atoms with Crippen LogP contribution in [0.2, 0.25) is 0 Å². The van der Waals surface area contributed by atoms with E-state index >= 15 is 0 Å². The molecule has 1 saturated carbocycles. The van der Waals surface area contributed by atoms with Crippen molar-refractivity contribution in [1.82, 2.24) is 9.80 Å². The van der Waals surface area contributed by atoms with Crippen molar-refractivity contribution in [3.05, 3.63) is 71.4 Å². The largest absolute Gasteiger partial charge is 0.368 e. The summed E-state index contributed by atoms with van der Waals surface area (Å²) in [5.74, 6) is -0.181. The molecule has 34 heavy (non-hydrogen) atoms. The predicted molar refractivity (Wildman–Crippen MR) is 136 cm³/mol. The van der Waals surface area contributed by atoms with Crippen molar-refractivity contribution >= 4 is 23.1 Å². The Morgan fingerprint density at radius 3 is 1.91 bits per heavy atom. The van der Waals surface area contributed by atoms with Crippen LogP contribution in [0.3, 0.4) is 0 Å². The lowest BCUT2D eigenvalue weighted by Gasteiger charge is -2.38. The molecule has 2 aromatic carbocycles. The molecule has 0 atom stereocenters. The van der Waals surface area contributed by atoms with Crippen LogP contribution >= 0.6 is 0 Å². The molecule has 2 amide bonds. The first-order valence-corrected chi connectivity index (χ1v) is 12.9. The maximum atomic E-state index is 13.9. The van der Waals surface area contributed by atoms with Crippen LogP contribution < -0.4 is 4.90 Å². The second kappa shape index (κ2) is 10.0. The molecule has 0 unspecified atom stereocenters. The average Bonchev–Trinajstić information content (AvgIpc) is 3.10. The number of para-hydroxylation sites is 1. The van der Waals surface area contributed by atoms with Crippen molar-refractivity contribution < 1.29 is 9.59 Å². The highest BCUT2D eigenvalue weighted by Crippen LogP contribution is 2.36. The minimum absolute atomic E-state index is 0.0175. The Bertz CT molecular complexity index is 1040. The lowest BCUT2D eigenvalue weighted by molar-refractivity contribution is -0.140. The SMILES string of the molecule is Cc1ccc(C2=C(N3CCN(c4ccccc4)CC3)C(=O)N(C3CCCCCCC3)C2=O)cc1. The summed E-state index contributed by atoms with van der Waals surface area (Å²) < 4.78 is 0.